The minimum atomic E-state index is -0.375. The Balaban J connectivity index is 1.30. The first-order chi connectivity index (χ1) is 21.8. The molecule has 0 fully saturated rings. The Morgan fingerprint density at radius 3 is 2.38 bits per heavy atom. The van der Waals surface area contributed by atoms with Gasteiger partial charge in [-0.3, -0.25) is 9.59 Å². The lowest BCUT2D eigenvalue weighted by Gasteiger charge is -2.18. The van der Waals surface area contributed by atoms with E-state index in [-0.39, 0.29) is 36.1 Å². The summed E-state index contributed by atoms with van der Waals surface area (Å²) in [5.74, 6) is -0.256. The summed E-state index contributed by atoms with van der Waals surface area (Å²) in [5, 5.41) is 17.9. The SMILES string of the molecule is CC(C)NCC(=O)N(C)c1ccc(N=C(c2ccccc2)c2c(O)[nH]c3cc(NC(=O)c4nc5ccccc5[nH]4)ccc23)cc1. The predicted molar refractivity (Wildman–Crippen MR) is 179 cm³/mol. The smallest absolute Gasteiger partial charge is 0.291 e. The van der Waals surface area contributed by atoms with Gasteiger partial charge in [-0.2, -0.15) is 0 Å². The number of amides is 2. The maximum atomic E-state index is 12.9. The molecule has 0 aliphatic rings. The van der Waals surface area contributed by atoms with E-state index in [1.807, 2.05) is 98.8 Å². The van der Waals surface area contributed by atoms with Gasteiger partial charge >= 0.3 is 0 Å². The number of imidazole rings is 1. The highest BCUT2D eigenvalue weighted by Crippen LogP contribution is 2.33. The maximum Gasteiger partial charge on any atom is 0.291 e. The third-order valence-electron chi connectivity index (χ3n) is 7.44. The third kappa shape index (κ3) is 6.31. The second kappa shape index (κ2) is 12.5. The molecule has 0 saturated heterocycles. The first kappa shape index (κ1) is 29.3. The van der Waals surface area contributed by atoms with Gasteiger partial charge < -0.3 is 30.6 Å². The van der Waals surface area contributed by atoms with E-state index in [1.54, 1.807) is 24.1 Å². The van der Waals surface area contributed by atoms with Crippen LogP contribution in [0.2, 0.25) is 0 Å². The fourth-order valence-corrected chi connectivity index (χ4v) is 5.05. The van der Waals surface area contributed by atoms with Crippen molar-refractivity contribution in [2.45, 2.75) is 19.9 Å². The fraction of sp³-hybridized carbons (Fsp3) is 0.143. The molecule has 0 bridgehead atoms. The molecule has 0 aliphatic heterocycles. The number of likely N-dealkylation sites (N-methyl/N-ethyl adjacent to an activating group) is 1. The minimum absolute atomic E-state index is 0.0400. The Hall–Kier alpha value is -5.74. The van der Waals surface area contributed by atoms with E-state index in [4.69, 9.17) is 4.99 Å². The molecular weight excluding hydrogens is 566 g/mol. The standard InChI is InChI=1S/C35H33N7O3/c1-21(2)36-20-30(43)42(3)25-16-13-23(14-17-25)37-32(22-9-5-4-6-10-22)31-26-18-15-24(19-29(26)41-34(31)44)38-35(45)33-39-27-11-7-8-12-28(27)40-33/h4-19,21,36,41,44H,20H2,1-3H3,(H,38,45)(H,39,40). The van der Waals surface area contributed by atoms with Crippen molar-refractivity contribution in [3.63, 3.8) is 0 Å². The molecule has 0 aliphatic carbocycles. The van der Waals surface area contributed by atoms with Crippen molar-refractivity contribution in [1.29, 1.82) is 0 Å². The highest BCUT2D eigenvalue weighted by Gasteiger charge is 2.20. The average Bonchev–Trinajstić information content (AvgIpc) is 3.63. The average molecular weight is 600 g/mol. The Bertz CT molecular complexity index is 1990. The number of hydrogen-bond donors (Lipinski definition) is 5. The molecule has 0 spiro atoms. The van der Waals surface area contributed by atoms with Crippen LogP contribution in [0.3, 0.4) is 0 Å². The molecule has 0 saturated carbocycles. The number of carbonyl (C=O) groups is 2. The van der Waals surface area contributed by atoms with Gasteiger partial charge in [0.25, 0.3) is 5.91 Å². The zero-order valence-corrected chi connectivity index (χ0v) is 25.1. The molecule has 226 valence electrons. The van der Waals surface area contributed by atoms with Gasteiger partial charge in [0.15, 0.2) is 11.7 Å². The first-order valence-electron chi connectivity index (χ1n) is 14.6. The third-order valence-corrected chi connectivity index (χ3v) is 7.44. The van der Waals surface area contributed by atoms with Crippen LogP contribution in [0.15, 0.2) is 102 Å². The topological polar surface area (TPSA) is 138 Å². The van der Waals surface area contributed by atoms with Gasteiger partial charge in [0.2, 0.25) is 5.91 Å². The zero-order chi connectivity index (χ0) is 31.5. The number of aliphatic imine (C=N–C) groups is 1. The van der Waals surface area contributed by atoms with Crippen molar-refractivity contribution < 1.29 is 14.7 Å². The summed E-state index contributed by atoms with van der Waals surface area (Å²) in [4.78, 5) is 42.5. The number of hydrogen-bond acceptors (Lipinski definition) is 6. The van der Waals surface area contributed by atoms with E-state index in [2.05, 4.69) is 25.6 Å². The number of carbonyl (C=O) groups excluding carboxylic acids is 2. The molecular formula is C35H33N7O3. The van der Waals surface area contributed by atoms with Gasteiger partial charge in [0.1, 0.15) is 0 Å². The van der Waals surface area contributed by atoms with Crippen molar-refractivity contribution in [1.82, 2.24) is 20.3 Å². The number of nitrogens with one attached hydrogen (secondary N) is 4. The van der Waals surface area contributed by atoms with Crippen LogP contribution in [-0.2, 0) is 4.79 Å². The van der Waals surface area contributed by atoms with Crippen molar-refractivity contribution in [2.75, 3.05) is 23.8 Å². The molecule has 2 heterocycles. The largest absolute Gasteiger partial charge is 0.494 e. The van der Waals surface area contributed by atoms with Gasteiger partial charge in [-0.15, -0.1) is 0 Å². The van der Waals surface area contributed by atoms with Crippen LogP contribution in [-0.4, -0.2) is 57.2 Å². The first-order valence-corrected chi connectivity index (χ1v) is 14.6. The van der Waals surface area contributed by atoms with Crippen LogP contribution < -0.4 is 15.5 Å². The summed E-state index contributed by atoms with van der Waals surface area (Å²) in [5.41, 5.74) is 5.96. The molecule has 45 heavy (non-hydrogen) atoms. The molecule has 4 aromatic carbocycles. The van der Waals surface area contributed by atoms with E-state index in [0.717, 1.165) is 22.2 Å². The molecule has 0 radical (unpaired) electrons. The van der Waals surface area contributed by atoms with Crippen LogP contribution in [0.25, 0.3) is 21.9 Å². The number of aromatic nitrogens is 3. The lowest BCUT2D eigenvalue weighted by Crippen LogP contribution is -2.38. The van der Waals surface area contributed by atoms with Crippen LogP contribution in [0, 0.1) is 0 Å². The zero-order valence-electron chi connectivity index (χ0n) is 25.1. The Morgan fingerprint density at radius 1 is 0.911 bits per heavy atom. The molecule has 0 atom stereocenters. The number of nitrogens with zero attached hydrogens (tertiary/aromatic N) is 3. The minimum Gasteiger partial charge on any atom is -0.494 e. The van der Waals surface area contributed by atoms with E-state index >= 15 is 0 Å². The molecule has 10 heteroatoms. The molecule has 2 amide bonds. The monoisotopic (exact) mass is 599 g/mol. The Kier molecular flexibility index (Phi) is 8.13. The van der Waals surface area contributed by atoms with E-state index in [9.17, 15) is 14.7 Å². The predicted octanol–water partition coefficient (Wildman–Crippen LogP) is 6.13. The summed E-state index contributed by atoms with van der Waals surface area (Å²) in [7, 11) is 1.75. The van der Waals surface area contributed by atoms with E-state index < -0.39 is 0 Å². The summed E-state index contributed by atoms with van der Waals surface area (Å²) >= 11 is 0. The number of H-pyrrole nitrogens is 2. The lowest BCUT2D eigenvalue weighted by molar-refractivity contribution is -0.117. The highest BCUT2D eigenvalue weighted by atomic mass is 16.3. The van der Waals surface area contributed by atoms with Crippen LogP contribution in [0.1, 0.15) is 35.6 Å². The molecule has 6 rings (SSSR count). The van der Waals surface area contributed by atoms with Crippen molar-refractivity contribution >= 4 is 56.5 Å². The van der Waals surface area contributed by atoms with E-state index in [0.29, 0.717) is 33.7 Å². The van der Waals surface area contributed by atoms with Crippen molar-refractivity contribution in [2.24, 2.45) is 4.99 Å². The quantitative estimate of drug-likeness (QED) is 0.127. The number of anilines is 2. The Morgan fingerprint density at radius 2 is 1.64 bits per heavy atom. The molecule has 10 nitrogen and oxygen atoms in total. The van der Waals surface area contributed by atoms with Gasteiger partial charge in [-0.25, -0.2) is 9.98 Å². The molecule has 2 aromatic heterocycles. The summed E-state index contributed by atoms with van der Waals surface area (Å²) in [6.07, 6.45) is 0. The van der Waals surface area contributed by atoms with Crippen LogP contribution >= 0.6 is 0 Å². The normalized spacial score (nSPS) is 11.8. The fourth-order valence-electron chi connectivity index (χ4n) is 5.05. The van der Waals surface area contributed by atoms with Crippen molar-refractivity contribution in [3.05, 3.63) is 114 Å². The highest BCUT2D eigenvalue weighted by molar-refractivity contribution is 6.22. The number of rotatable bonds is 9. The Labute approximate surface area is 259 Å². The number of aromatic amines is 2. The number of fused-ring (bicyclic) bond motifs is 2. The molecule has 0 unspecified atom stereocenters. The van der Waals surface area contributed by atoms with Crippen LogP contribution in [0.5, 0.6) is 5.88 Å². The van der Waals surface area contributed by atoms with Gasteiger partial charge in [-0.1, -0.05) is 56.3 Å². The summed E-state index contributed by atoms with van der Waals surface area (Å²) < 4.78 is 0. The van der Waals surface area contributed by atoms with Crippen molar-refractivity contribution in [3.8, 4) is 5.88 Å². The van der Waals surface area contributed by atoms with E-state index in [1.165, 1.54) is 0 Å². The second-order valence-corrected chi connectivity index (χ2v) is 11.0. The summed E-state index contributed by atoms with van der Waals surface area (Å²) in [6, 6.07) is 30.0. The number of benzene rings is 4. The number of aromatic hydroxyl groups is 1. The number of para-hydroxylation sites is 2. The second-order valence-electron chi connectivity index (χ2n) is 11.0. The van der Waals surface area contributed by atoms with Crippen LogP contribution in [0.4, 0.5) is 17.1 Å². The molecule has 6 aromatic rings. The van der Waals surface area contributed by atoms with Gasteiger partial charge in [0, 0.05) is 35.4 Å². The van der Waals surface area contributed by atoms with Gasteiger partial charge in [-0.05, 0) is 54.6 Å². The van der Waals surface area contributed by atoms with Gasteiger partial charge in [0.05, 0.1) is 40.1 Å². The summed E-state index contributed by atoms with van der Waals surface area (Å²) in [6.45, 7) is 4.24. The maximum absolute atomic E-state index is 12.9. The lowest BCUT2D eigenvalue weighted by atomic mass is 10.0. The molecule has 5 N–H and O–H groups in total.